The summed E-state index contributed by atoms with van der Waals surface area (Å²) in [7, 11) is 0. The Morgan fingerprint density at radius 1 is 1.53 bits per heavy atom. The molecule has 0 unspecified atom stereocenters. The number of carbonyl (C=O) groups excluding carboxylic acids is 1. The largest absolute Gasteiger partial charge is 0.492 e. The normalized spacial score (nSPS) is 10.2. The molecule has 0 atom stereocenters. The lowest BCUT2D eigenvalue weighted by Crippen LogP contribution is -2.10. The third kappa shape index (κ3) is 5.53. The first-order valence-corrected chi connectivity index (χ1v) is 7.33. The van der Waals surface area contributed by atoms with Crippen molar-refractivity contribution in [3.63, 3.8) is 0 Å². The van der Waals surface area contributed by atoms with E-state index in [-0.39, 0.29) is 16.7 Å². The smallest absolute Gasteiger partial charge is 0.173 e. The number of halogens is 1. The van der Waals surface area contributed by atoms with Gasteiger partial charge in [0.2, 0.25) is 0 Å². The van der Waals surface area contributed by atoms with Gasteiger partial charge in [-0.2, -0.15) is 0 Å². The van der Waals surface area contributed by atoms with E-state index in [0.717, 1.165) is 24.6 Å². The third-order valence-corrected chi connectivity index (χ3v) is 3.38. The number of amidine groups is 1. The molecule has 1 rings (SSSR count). The number of hydrogen-bond donors (Lipinski definition) is 2. The summed E-state index contributed by atoms with van der Waals surface area (Å²) in [5.41, 5.74) is 5.69. The van der Waals surface area contributed by atoms with Gasteiger partial charge in [0.05, 0.1) is 17.4 Å². The summed E-state index contributed by atoms with van der Waals surface area (Å²) in [6.07, 6.45) is 2.02. The molecule has 0 fully saturated rings. The van der Waals surface area contributed by atoms with Gasteiger partial charge in [-0.15, -0.1) is 0 Å². The molecule has 0 saturated heterocycles. The summed E-state index contributed by atoms with van der Waals surface area (Å²) < 4.78 is 5.51. The van der Waals surface area contributed by atoms with Crippen LogP contribution < -0.4 is 10.5 Å². The molecule has 0 aliphatic carbocycles. The predicted octanol–water partition coefficient (Wildman–Crippen LogP) is 3.33. The standard InChI is InChI=1S/C13H17ClN2O2S/c1-2-3-6-18-12-5-4-9(7-10(12)14)11(17)8-19-13(15)16/h4-5,7H,2-3,6,8H2,1H3,(H3,15,16). The first-order chi connectivity index (χ1) is 9.04. The molecule has 0 heterocycles. The zero-order chi connectivity index (χ0) is 14.3. The van der Waals surface area contributed by atoms with Crippen LogP contribution in [0.4, 0.5) is 0 Å². The number of Topliss-reactive ketones (excluding diaryl/α,β-unsaturated/α-hetero) is 1. The van der Waals surface area contributed by atoms with E-state index < -0.39 is 0 Å². The Kier molecular flexibility index (Phi) is 6.73. The Morgan fingerprint density at radius 2 is 2.26 bits per heavy atom. The molecule has 3 N–H and O–H groups in total. The number of rotatable bonds is 7. The zero-order valence-corrected chi connectivity index (χ0v) is 12.3. The minimum absolute atomic E-state index is 0.0704. The van der Waals surface area contributed by atoms with Crippen molar-refractivity contribution < 1.29 is 9.53 Å². The van der Waals surface area contributed by atoms with Crippen molar-refractivity contribution in [3.05, 3.63) is 28.8 Å². The molecule has 6 heteroatoms. The van der Waals surface area contributed by atoms with Crippen molar-refractivity contribution >= 4 is 34.3 Å². The Hall–Kier alpha value is -1.20. The van der Waals surface area contributed by atoms with Crippen LogP contribution in [0.5, 0.6) is 5.75 Å². The second kappa shape index (κ2) is 8.07. The van der Waals surface area contributed by atoms with Gasteiger partial charge >= 0.3 is 0 Å². The summed E-state index contributed by atoms with van der Waals surface area (Å²) in [5, 5.41) is 7.42. The van der Waals surface area contributed by atoms with Crippen LogP contribution in [-0.4, -0.2) is 23.3 Å². The van der Waals surface area contributed by atoms with Gasteiger partial charge in [-0.25, -0.2) is 0 Å². The number of nitrogens with one attached hydrogen (secondary N) is 1. The highest BCUT2D eigenvalue weighted by Gasteiger charge is 2.10. The molecule has 0 aromatic heterocycles. The fourth-order valence-electron chi connectivity index (χ4n) is 1.34. The fraction of sp³-hybridized carbons (Fsp3) is 0.385. The molecule has 1 aromatic carbocycles. The number of unbranched alkanes of at least 4 members (excludes halogenated alkanes) is 1. The van der Waals surface area contributed by atoms with Gasteiger partial charge < -0.3 is 10.5 Å². The van der Waals surface area contributed by atoms with E-state index in [2.05, 4.69) is 6.92 Å². The number of thioether (sulfide) groups is 1. The molecule has 1 aromatic rings. The Bertz CT molecular complexity index is 466. The maximum atomic E-state index is 11.8. The number of ketones is 1. The topological polar surface area (TPSA) is 76.2 Å². The van der Waals surface area contributed by atoms with E-state index in [1.165, 1.54) is 0 Å². The van der Waals surface area contributed by atoms with Gasteiger partial charge in [0, 0.05) is 5.56 Å². The van der Waals surface area contributed by atoms with E-state index in [4.69, 9.17) is 27.5 Å². The molecule has 4 nitrogen and oxygen atoms in total. The minimum atomic E-state index is -0.109. The number of ether oxygens (including phenoxy) is 1. The van der Waals surface area contributed by atoms with Gasteiger partial charge in [0.25, 0.3) is 0 Å². The van der Waals surface area contributed by atoms with E-state index in [1.54, 1.807) is 18.2 Å². The van der Waals surface area contributed by atoms with Crippen LogP contribution in [-0.2, 0) is 0 Å². The molecule has 104 valence electrons. The summed E-state index contributed by atoms with van der Waals surface area (Å²) in [5.74, 6) is 0.620. The maximum Gasteiger partial charge on any atom is 0.173 e. The quantitative estimate of drug-likeness (QED) is 0.350. The third-order valence-electron chi connectivity index (χ3n) is 2.37. The van der Waals surface area contributed by atoms with Crippen LogP contribution in [0.3, 0.4) is 0 Å². The van der Waals surface area contributed by atoms with Crippen LogP contribution in [0.25, 0.3) is 0 Å². The van der Waals surface area contributed by atoms with Crippen molar-refractivity contribution in [1.29, 1.82) is 5.41 Å². The highest BCUT2D eigenvalue weighted by molar-refractivity contribution is 8.14. The molecule has 0 saturated carbocycles. The summed E-state index contributed by atoms with van der Waals surface area (Å²) in [6, 6.07) is 4.96. The predicted molar refractivity (Wildman–Crippen MR) is 80.6 cm³/mol. The Labute approximate surface area is 122 Å². The van der Waals surface area contributed by atoms with Gasteiger partial charge in [0.15, 0.2) is 11.0 Å². The molecule has 0 spiro atoms. The monoisotopic (exact) mass is 300 g/mol. The zero-order valence-electron chi connectivity index (χ0n) is 10.7. The lowest BCUT2D eigenvalue weighted by Gasteiger charge is -2.08. The van der Waals surface area contributed by atoms with Crippen molar-refractivity contribution in [3.8, 4) is 5.75 Å². The highest BCUT2D eigenvalue weighted by Crippen LogP contribution is 2.26. The van der Waals surface area contributed by atoms with Crippen LogP contribution in [0, 0.1) is 5.41 Å². The second-order valence-electron chi connectivity index (χ2n) is 3.92. The van der Waals surface area contributed by atoms with E-state index in [0.29, 0.717) is 22.9 Å². The van der Waals surface area contributed by atoms with Gasteiger partial charge in [-0.3, -0.25) is 10.2 Å². The second-order valence-corrected chi connectivity index (χ2v) is 5.35. The molecule has 0 amide bonds. The van der Waals surface area contributed by atoms with Gasteiger partial charge in [0.1, 0.15) is 5.75 Å². The summed E-state index contributed by atoms with van der Waals surface area (Å²) >= 11 is 7.06. The molecule has 19 heavy (non-hydrogen) atoms. The number of hydrogen-bond acceptors (Lipinski definition) is 4. The molecule has 0 radical (unpaired) electrons. The highest BCUT2D eigenvalue weighted by atomic mass is 35.5. The average molecular weight is 301 g/mol. The number of nitrogens with two attached hydrogens (primary N) is 1. The molecular formula is C13H17ClN2O2S. The first kappa shape index (κ1) is 15.9. The van der Waals surface area contributed by atoms with Crippen molar-refractivity contribution in [2.45, 2.75) is 19.8 Å². The van der Waals surface area contributed by atoms with Gasteiger partial charge in [-0.1, -0.05) is 36.7 Å². The molecular weight excluding hydrogens is 284 g/mol. The van der Waals surface area contributed by atoms with Crippen molar-refractivity contribution in [1.82, 2.24) is 0 Å². The average Bonchev–Trinajstić information content (AvgIpc) is 2.38. The molecule has 0 aliphatic rings. The number of carbonyl (C=O) groups is 1. The van der Waals surface area contributed by atoms with Crippen LogP contribution in [0.1, 0.15) is 30.1 Å². The van der Waals surface area contributed by atoms with Crippen LogP contribution in [0.15, 0.2) is 18.2 Å². The Balaban J connectivity index is 2.65. The van der Waals surface area contributed by atoms with E-state index in [9.17, 15) is 4.79 Å². The van der Waals surface area contributed by atoms with Crippen LogP contribution >= 0.6 is 23.4 Å². The van der Waals surface area contributed by atoms with Crippen molar-refractivity contribution in [2.75, 3.05) is 12.4 Å². The SMILES string of the molecule is CCCCOc1ccc(C(=O)CSC(=N)N)cc1Cl. The fourth-order valence-corrected chi connectivity index (χ4v) is 2.03. The van der Waals surface area contributed by atoms with Gasteiger partial charge in [-0.05, 0) is 24.6 Å². The number of benzene rings is 1. The molecule has 0 bridgehead atoms. The van der Waals surface area contributed by atoms with E-state index >= 15 is 0 Å². The lowest BCUT2D eigenvalue weighted by atomic mass is 10.1. The lowest BCUT2D eigenvalue weighted by molar-refractivity contribution is 0.102. The minimum Gasteiger partial charge on any atom is -0.492 e. The Morgan fingerprint density at radius 3 is 2.84 bits per heavy atom. The van der Waals surface area contributed by atoms with Crippen LogP contribution in [0.2, 0.25) is 5.02 Å². The maximum absolute atomic E-state index is 11.8. The molecule has 0 aliphatic heterocycles. The van der Waals surface area contributed by atoms with E-state index in [1.807, 2.05) is 0 Å². The summed E-state index contributed by atoms with van der Waals surface area (Å²) in [4.78, 5) is 11.8. The summed E-state index contributed by atoms with van der Waals surface area (Å²) in [6.45, 7) is 2.70. The van der Waals surface area contributed by atoms with Crippen molar-refractivity contribution in [2.24, 2.45) is 5.73 Å². The first-order valence-electron chi connectivity index (χ1n) is 5.97.